The molecule has 4 rings (SSSR count). The number of carbonyl (C=O) groups excluding carboxylic acids is 2. The van der Waals surface area contributed by atoms with Gasteiger partial charge in [0.15, 0.2) is 12.4 Å². The first-order valence-electron chi connectivity index (χ1n) is 9.29. The summed E-state index contributed by atoms with van der Waals surface area (Å²) < 4.78 is 10.7. The number of rotatable bonds is 6. The molecule has 0 saturated carbocycles. The van der Waals surface area contributed by atoms with Crippen molar-refractivity contribution in [2.75, 3.05) is 11.9 Å². The first kappa shape index (κ1) is 17.6. The van der Waals surface area contributed by atoms with Gasteiger partial charge in [-0.2, -0.15) is 0 Å². The van der Waals surface area contributed by atoms with Gasteiger partial charge in [-0.05, 0) is 49.9 Å². The topological polar surface area (TPSA) is 92.6 Å². The maximum Gasteiger partial charge on any atom is 0.291 e. The number of piperidine rings is 1. The Kier molecular flexibility index (Phi) is 5.11. The first-order valence-corrected chi connectivity index (χ1v) is 9.29. The predicted molar refractivity (Wildman–Crippen MR) is 99.7 cm³/mol. The molecule has 2 unspecified atom stereocenters. The van der Waals surface area contributed by atoms with Crippen molar-refractivity contribution < 1.29 is 18.7 Å². The Bertz CT molecular complexity index is 793. The summed E-state index contributed by atoms with van der Waals surface area (Å²) in [6.45, 7) is -0.0468. The van der Waals surface area contributed by atoms with Gasteiger partial charge in [-0.3, -0.25) is 9.59 Å². The van der Waals surface area contributed by atoms with Crippen molar-refractivity contribution in [3.63, 3.8) is 0 Å². The van der Waals surface area contributed by atoms with E-state index in [1.54, 1.807) is 36.4 Å². The van der Waals surface area contributed by atoms with Gasteiger partial charge in [0.1, 0.15) is 5.75 Å². The van der Waals surface area contributed by atoms with Crippen LogP contribution >= 0.6 is 0 Å². The highest BCUT2D eigenvalue weighted by atomic mass is 16.5. The highest BCUT2D eigenvalue weighted by Gasteiger charge is 2.33. The molecule has 7 heteroatoms. The van der Waals surface area contributed by atoms with Gasteiger partial charge in [-0.1, -0.05) is 6.07 Å². The molecule has 2 saturated heterocycles. The van der Waals surface area contributed by atoms with E-state index in [4.69, 9.17) is 9.15 Å². The number of nitrogens with one attached hydrogen (secondary N) is 3. The molecule has 2 atom stereocenters. The minimum Gasteiger partial charge on any atom is -0.484 e. The van der Waals surface area contributed by atoms with E-state index in [0.29, 0.717) is 23.5 Å². The van der Waals surface area contributed by atoms with Crippen molar-refractivity contribution in [3.8, 4) is 5.75 Å². The zero-order valence-corrected chi connectivity index (χ0v) is 14.9. The lowest BCUT2D eigenvalue weighted by Gasteiger charge is -2.29. The van der Waals surface area contributed by atoms with Crippen LogP contribution in [0.4, 0.5) is 5.69 Å². The molecule has 2 aliphatic heterocycles. The second-order valence-electron chi connectivity index (χ2n) is 7.12. The zero-order chi connectivity index (χ0) is 18.6. The first-order chi connectivity index (χ1) is 13.2. The third kappa shape index (κ3) is 4.49. The molecular formula is C20H23N3O4. The van der Waals surface area contributed by atoms with Crippen molar-refractivity contribution in [2.45, 2.75) is 43.8 Å². The summed E-state index contributed by atoms with van der Waals surface area (Å²) in [5, 5.41) is 9.36. The molecule has 2 bridgehead atoms. The van der Waals surface area contributed by atoms with E-state index in [1.165, 1.54) is 19.1 Å². The Balaban J connectivity index is 1.27. The molecule has 0 spiro atoms. The lowest BCUT2D eigenvalue weighted by atomic mass is 10.00. The number of fused-ring (bicyclic) bond motifs is 2. The molecule has 0 radical (unpaired) electrons. The minimum atomic E-state index is -0.338. The molecule has 2 aliphatic rings. The molecule has 2 aromatic rings. The van der Waals surface area contributed by atoms with Crippen LogP contribution in [0.15, 0.2) is 47.1 Å². The minimum absolute atomic E-state index is 0.0468. The summed E-state index contributed by atoms with van der Waals surface area (Å²) >= 11 is 0. The summed E-state index contributed by atoms with van der Waals surface area (Å²) in [5.41, 5.74) is 0.573. The standard InChI is InChI=1S/C20H23N3O4/c24-19(22-16-9-14-6-7-15(10-16)21-14)12-27-17-4-1-3-13(11-17)23-20(25)18-5-2-8-26-18/h1-5,8,11,14-16,21H,6-7,9-10,12H2,(H,22,24)(H,23,25). The molecule has 3 heterocycles. The molecular weight excluding hydrogens is 346 g/mol. The SMILES string of the molecule is O=C(COc1cccc(NC(=O)c2ccco2)c1)NC1CC2CCC(C1)N2. The highest BCUT2D eigenvalue weighted by Crippen LogP contribution is 2.26. The Morgan fingerprint density at radius 2 is 1.96 bits per heavy atom. The van der Waals surface area contributed by atoms with E-state index in [1.807, 2.05) is 0 Å². The third-order valence-corrected chi connectivity index (χ3v) is 5.04. The van der Waals surface area contributed by atoms with Crippen molar-refractivity contribution in [1.29, 1.82) is 0 Å². The van der Waals surface area contributed by atoms with Gasteiger partial charge in [0.25, 0.3) is 11.8 Å². The van der Waals surface area contributed by atoms with Crippen LogP contribution < -0.4 is 20.7 Å². The molecule has 27 heavy (non-hydrogen) atoms. The Morgan fingerprint density at radius 3 is 2.70 bits per heavy atom. The van der Waals surface area contributed by atoms with Gasteiger partial charge < -0.3 is 25.1 Å². The highest BCUT2D eigenvalue weighted by molar-refractivity contribution is 6.02. The number of furan rings is 1. The zero-order valence-electron chi connectivity index (χ0n) is 14.9. The Hall–Kier alpha value is -2.80. The lowest BCUT2D eigenvalue weighted by molar-refractivity contribution is -0.124. The average Bonchev–Trinajstić information content (AvgIpc) is 3.30. The monoisotopic (exact) mass is 369 g/mol. The van der Waals surface area contributed by atoms with E-state index in [9.17, 15) is 9.59 Å². The van der Waals surface area contributed by atoms with Gasteiger partial charge in [-0.25, -0.2) is 0 Å². The number of anilines is 1. The second-order valence-corrected chi connectivity index (χ2v) is 7.12. The quantitative estimate of drug-likeness (QED) is 0.727. The van der Waals surface area contributed by atoms with Gasteiger partial charge in [0, 0.05) is 29.9 Å². The van der Waals surface area contributed by atoms with Crippen molar-refractivity contribution >= 4 is 17.5 Å². The molecule has 2 amide bonds. The number of carbonyl (C=O) groups is 2. The van der Waals surface area contributed by atoms with Gasteiger partial charge in [0.2, 0.25) is 0 Å². The fourth-order valence-electron chi connectivity index (χ4n) is 3.86. The summed E-state index contributed by atoms with van der Waals surface area (Å²) in [4.78, 5) is 24.2. The van der Waals surface area contributed by atoms with E-state index in [-0.39, 0.29) is 30.2 Å². The van der Waals surface area contributed by atoms with Gasteiger partial charge in [0.05, 0.1) is 6.26 Å². The van der Waals surface area contributed by atoms with E-state index < -0.39 is 0 Å². The largest absolute Gasteiger partial charge is 0.484 e. The molecule has 2 fully saturated rings. The van der Waals surface area contributed by atoms with Crippen LogP contribution in [0.5, 0.6) is 5.75 Å². The second kappa shape index (κ2) is 7.84. The van der Waals surface area contributed by atoms with Crippen LogP contribution in [0.25, 0.3) is 0 Å². The van der Waals surface area contributed by atoms with Crippen LogP contribution in [0, 0.1) is 0 Å². The van der Waals surface area contributed by atoms with Gasteiger partial charge >= 0.3 is 0 Å². The average molecular weight is 369 g/mol. The summed E-state index contributed by atoms with van der Waals surface area (Å²) in [6, 6.07) is 11.5. The van der Waals surface area contributed by atoms with Crippen molar-refractivity contribution in [1.82, 2.24) is 10.6 Å². The van der Waals surface area contributed by atoms with E-state index in [0.717, 1.165) is 12.8 Å². The van der Waals surface area contributed by atoms with Crippen LogP contribution in [0.1, 0.15) is 36.2 Å². The van der Waals surface area contributed by atoms with E-state index in [2.05, 4.69) is 16.0 Å². The summed E-state index contributed by atoms with van der Waals surface area (Å²) in [6.07, 6.45) is 5.81. The number of benzene rings is 1. The maximum absolute atomic E-state index is 12.2. The summed E-state index contributed by atoms with van der Waals surface area (Å²) in [7, 11) is 0. The lowest BCUT2D eigenvalue weighted by Crippen LogP contribution is -2.48. The molecule has 3 N–H and O–H groups in total. The van der Waals surface area contributed by atoms with Crippen molar-refractivity contribution in [2.24, 2.45) is 0 Å². The predicted octanol–water partition coefficient (Wildman–Crippen LogP) is 2.31. The number of hydrogen-bond acceptors (Lipinski definition) is 5. The molecule has 7 nitrogen and oxygen atoms in total. The van der Waals surface area contributed by atoms with Crippen LogP contribution in [-0.2, 0) is 4.79 Å². The Labute approximate surface area is 157 Å². The van der Waals surface area contributed by atoms with Crippen LogP contribution in [-0.4, -0.2) is 36.5 Å². The third-order valence-electron chi connectivity index (χ3n) is 5.04. The molecule has 1 aromatic heterocycles. The number of ether oxygens (including phenoxy) is 1. The number of amides is 2. The fourth-order valence-corrected chi connectivity index (χ4v) is 3.86. The van der Waals surface area contributed by atoms with Crippen molar-refractivity contribution in [3.05, 3.63) is 48.4 Å². The molecule has 1 aromatic carbocycles. The summed E-state index contributed by atoms with van der Waals surface area (Å²) in [5.74, 6) is 0.297. The Morgan fingerprint density at radius 1 is 1.15 bits per heavy atom. The molecule has 142 valence electrons. The van der Waals surface area contributed by atoms with Crippen LogP contribution in [0.3, 0.4) is 0 Å². The van der Waals surface area contributed by atoms with E-state index >= 15 is 0 Å². The molecule has 0 aliphatic carbocycles. The maximum atomic E-state index is 12.2. The van der Waals surface area contributed by atoms with Crippen LogP contribution in [0.2, 0.25) is 0 Å². The smallest absolute Gasteiger partial charge is 0.291 e. The fraction of sp³-hybridized carbons (Fsp3) is 0.400. The van der Waals surface area contributed by atoms with Gasteiger partial charge in [-0.15, -0.1) is 0 Å². The number of hydrogen-bond donors (Lipinski definition) is 3. The normalized spacial score (nSPS) is 23.6.